The van der Waals surface area contributed by atoms with Crippen molar-refractivity contribution in [3.63, 3.8) is 0 Å². The lowest BCUT2D eigenvalue weighted by molar-refractivity contribution is -0.117. The third kappa shape index (κ3) is 6.36. The van der Waals surface area contributed by atoms with Crippen molar-refractivity contribution in [3.05, 3.63) is 59.9 Å². The number of nitrogens with zero attached hydrogens (tertiary/aromatic N) is 1. The smallest absolute Gasteiger partial charge is 0.129 e. The average molecular weight is 384 g/mol. The van der Waals surface area contributed by atoms with Gasteiger partial charge in [-0.15, -0.1) is 0 Å². The summed E-state index contributed by atoms with van der Waals surface area (Å²) in [6, 6.07) is 15.1. The van der Waals surface area contributed by atoms with Crippen LogP contribution in [0.4, 0.5) is 10.1 Å². The van der Waals surface area contributed by atoms with E-state index in [9.17, 15) is 9.18 Å². The topological polar surface area (TPSA) is 29.5 Å². The molecule has 3 nitrogen and oxygen atoms in total. The van der Waals surface area contributed by atoms with Crippen LogP contribution in [0.3, 0.4) is 0 Å². The number of unbranched alkanes of at least 4 members (excludes halogenated alkanes) is 1. The van der Waals surface area contributed by atoms with Gasteiger partial charge in [0, 0.05) is 18.7 Å². The molecule has 0 N–H and O–H groups in total. The molecular formula is C24H30FNO2. The number of benzene rings is 2. The van der Waals surface area contributed by atoms with Crippen LogP contribution in [-0.4, -0.2) is 25.0 Å². The number of ether oxygens (including phenoxy) is 1. The van der Waals surface area contributed by atoms with Crippen LogP contribution in [0.1, 0.15) is 51.0 Å². The summed E-state index contributed by atoms with van der Waals surface area (Å²) in [5.74, 6) is 0.763. The number of aryl methyl sites for hydroxylation is 1. The average Bonchev–Trinajstić information content (AvgIpc) is 2.93. The van der Waals surface area contributed by atoms with Gasteiger partial charge in [-0.05, 0) is 87.4 Å². The molecule has 1 saturated heterocycles. The van der Waals surface area contributed by atoms with E-state index in [4.69, 9.17) is 4.74 Å². The molecule has 1 heterocycles. The monoisotopic (exact) mass is 383 g/mol. The van der Waals surface area contributed by atoms with E-state index in [1.165, 1.54) is 23.4 Å². The molecule has 1 atom stereocenters. The second-order valence-corrected chi connectivity index (χ2v) is 7.71. The Kier molecular flexibility index (Phi) is 7.46. The molecule has 0 saturated carbocycles. The van der Waals surface area contributed by atoms with Gasteiger partial charge in [-0.2, -0.15) is 0 Å². The lowest BCUT2D eigenvalue weighted by atomic mass is 10.1. The van der Waals surface area contributed by atoms with Gasteiger partial charge >= 0.3 is 0 Å². The SMILES string of the molecule is CC(=O)CCCCc1ccc(N2CCCCC(Oc3ccc(F)cc3)C2)cc1. The van der Waals surface area contributed by atoms with Crippen LogP contribution in [0.15, 0.2) is 48.5 Å². The number of hydrogen-bond acceptors (Lipinski definition) is 3. The summed E-state index contributed by atoms with van der Waals surface area (Å²) in [7, 11) is 0. The fraction of sp³-hybridized carbons (Fsp3) is 0.458. The molecule has 2 aromatic rings. The van der Waals surface area contributed by atoms with Gasteiger partial charge in [0.1, 0.15) is 23.5 Å². The van der Waals surface area contributed by atoms with Gasteiger partial charge in [-0.25, -0.2) is 4.39 Å². The second kappa shape index (κ2) is 10.3. The van der Waals surface area contributed by atoms with Crippen LogP contribution >= 0.6 is 0 Å². The molecule has 3 rings (SSSR count). The van der Waals surface area contributed by atoms with Crippen molar-refractivity contribution < 1.29 is 13.9 Å². The molecule has 0 bridgehead atoms. The summed E-state index contributed by atoms with van der Waals surface area (Å²) in [5.41, 5.74) is 2.54. The summed E-state index contributed by atoms with van der Waals surface area (Å²) < 4.78 is 19.2. The number of rotatable bonds is 8. The molecule has 0 aromatic heterocycles. The van der Waals surface area contributed by atoms with Crippen LogP contribution in [0.2, 0.25) is 0 Å². The second-order valence-electron chi connectivity index (χ2n) is 7.71. The summed E-state index contributed by atoms with van der Waals surface area (Å²) in [6.07, 6.45) is 7.13. The van der Waals surface area contributed by atoms with Crippen molar-refractivity contribution in [1.29, 1.82) is 0 Å². The largest absolute Gasteiger partial charge is 0.489 e. The van der Waals surface area contributed by atoms with Crippen LogP contribution in [0, 0.1) is 5.82 Å². The van der Waals surface area contributed by atoms with Crippen molar-refractivity contribution in [2.24, 2.45) is 0 Å². The minimum atomic E-state index is -0.240. The Morgan fingerprint density at radius 3 is 2.54 bits per heavy atom. The lowest BCUT2D eigenvalue weighted by Gasteiger charge is -2.27. The Morgan fingerprint density at radius 2 is 1.82 bits per heavy atom. The van der Waals surface area contributed by atoms with Crippen molar-refractivity contribution in [2.75, 3.05) is 18.0 Å². The molecule has 0 spiro atoms. The molecular weight excluding hydrogens is 353 g/mol. The van der Waals surface area contributed by atoms with Crippen LogP contribution in [0.25, 0.3) is 0 Å². The number of carbonyl (C=O) groups is 1. The standard InChI is InChI=1S/C24H30FNO2/c1-19(27)6-2-3-7-20-9-13-22(14-10-20)26-17-5-4-8-24(18-26)28-23-15-11-21(25)12-16-23/h9-16,24H,2-8,17-18H2,1H3. The maximum absolute atomic E-state index is 13.1. The third-order valence-corrected chi connectivity index (χ3v) is 5.29. The van der Waals surface area contributed by atoms with Crippen LogP contribution in [-0.2, 0) is 11.2 Å². The highest BCUT2D eigenvalue weighted by Gasteiger charge is 2.20. The quantitative estimate of drug-likeness (QED) is 0.559. The third-order valence-electron chi connectivity index (χ3n) is 5.29. The van der Waals surface area contributed by atoms with Gasteiger partial charge in [0.05, 0.1) is 6.54 Å². The van der Waals surface area contributed by atoms with E-state index in [0.717, 1.165) is 57.4 Å². The minimum Gasteiger partial charge on any atom is -0.489 e. The lowest BCUT2D eigenvalue weighted by Crippen LogP contribution is -2.34. The fourth-order valence-electron chi connectivity index (χ4n) is 3.72. The van der Waals surface area contributed by atoms with E-state index >= 15 is 0 Å². The van der Waals surface area contributed by atoms with Gasteiger partial charge in [0.25, 0.3) is 0 Å². The number of hydrogen-bond donors (Lipinski definition) is 0. The van der Waals surface area contributed by atoms with E-state index in [0.29, 0.717) is 6.42 Å². The Labute approximate surface area is 167 Å². The maximum Gasteiger partial charge on any atom is 0.129 e. The Hall–Kier alpha value is -2.36. The first-order valence-corrected chi connectivity index (χ1v) is 10.4. The summed E-state index contributed by atoms with van der Waals surface area (Å²) in [5, 5.41) is 0. The van der Waals surface area contributed by atoms with Gasteiger partial charge < -0.3 is 14.4 Å². The zero-order chi connectivity index (χ0) is 19.8. The summed E-state index contributed by atoms with van der Waals surface area (Å²) in [6.45, 7) is 3.53. The van der Waals surface area contributed by atoms with Crippen molar-refractivity contribution in [1.82, 2.24) is 0 Å². The van der Waals surface area contributed by atoms with E-state index in [1.54, 1.807) is 19.1 Å². The number of anilines is 1. The predicted molar refractivity (Wildman–Crippen MR) is 112 cm³/mol. The molecule has 0 radical (unpaired) electrons. The Balaban J connectivity index is 1.55. The summed E-state index contributed by atoms with van der Waals surface area (Å²) >= 11 is 0. The van der Waals surface area contributed by atoms with Gasteiger partial charge in [0.15, 0.2) is 0 Å². The molecule has 1 fully saturated rings. The minimum absolute atomic E-state index is 0.110. The van der Waals surface area contributed by atoms with Gasteiger partial charge in [-0.1, -0.05) is 12.1 Å². The van der Waals surface area contributed by atoms with E-state index in [1.807, 2.05) is 0 Å². The molecule has 0 aliphatic carbocycles. The van der Waals surface area contributed by atoms with Gasteiger partial charge in [0.2, 0.25) is 0 Å². The molecule has 4 heteroatoms. The highest BCUT2D eigenvalue weighted by atomic mass is 19.1. The highest BCUT2D eigenvalue weighted by Crippen LogP contribution is 2.24. The van der Waals surface area contributed by atoms with Crippen LogP contribution < -0.4 is 9.64 Å². The number of halogens is 1. The molecule has 28 heavy (non-hydrogen) atoms. The Bertz CT molecular complexity index is 742. The van der Waals surface area contributed by atoms with Crippen molar-refractivity contribution in [3.8, 4) is 5.75 Å². The predicted octanol–water partition coefficient (Wildman–Crippen LogP) is 5.57. The normalized spacial score (nSPS) is 17.2. The van der Waals surface area contributed by atoms with E-state index in [2.05, 4.69) is 29.2 Å². The fourth-order valence-corrected chi connectivity index (χ4v) is 3.72. The first-order chi connectivity index (χ1) is 13.6. The van der Waals surface area contributed by atoms with E-state index in [-0.39, 0.29) is 17.7 Å². The number of carbonyl (C=O) groups excluding carboxylic acids is 1. The zero-order valence-corrected chi connectivity index (χ0v) is 16.7. The van der Waals surface area contributed by atoms with Gasteiger partial charge in [-0.3, -0.25) is 0 Å². The maximum atomic E-state index is 13.1. The molecule has 1 unspecified atom stereocenters. The number of ketones is 1. The first-order valence-electron chi connectivity index (χ1n) is 10.4. The molecule has 2 aromatic carbocycles. The van der Waals surface area contributed by atoms with Crippen molar-refractivity contribution in [2.45, 2.75) is 58.0 Å². The van der Waals surface area contributed by atoms with E-state index < -0.39 is 0 Å². The molecule has 150 valence electrons. The molecule has 0 amide bonds. The van der Waals surface area contributed by atoms with Crippen molar-refractivity contribution >= 4 is 11.5 Å². The summed E-state index contributed by atoms with van der Waals surface area (Å²) in [4.78, 5) is 13.4. The first kappa shape index (κ1) is 20.4. The highest BCUT2D eigenvalue weighted by molar-refractivity contribution is 5.75. The molecule has 1 aliphatic rings. The number of Topliss-reactive ketones (excluding diaryl/α,β-unsaturated/α-hetero) is 1. The zero-order valence-electron chi connectivity index (χ0n) is 16.7. The Morgan fingerprint density at radius 1 is 1.07 bits per heavy atom. The molecule has 1 aliphatic heterocycles. The van der Waals surface area contributed by atoms with Crippen LogP contribution in [0.5, 0.6) is 5.75 Å².